The summed E-state index contributed by atoms with van der Waals surface area (Å²) in [4.78, 5) is 12.8. The number of pyridine rings is 1. The van der Waals surface area contributed by atoms with E-state index in [1.54, 1.807) is 25.4 Å². The van der Waals surface area contributed by atoms with Crippen molar-refractivity contribution in [2.75, 3.05) is 18.1 Å². The maximum atomic E-state index is 12.5. The molecule has 1 aromatic heterocycles. The van der Waals surface area contributed by atoms with Gasteiger partial charge in [0.2, 0.25) is 0 Å². The van der Waals surface area contributed by atoms with Crippen molar-refractivity contribution in [3.8, 4) is 16.9 Å². The molecule has 0 aliphatic carbocycles. The molecule has 1 aliphatic rings. The summed E-state index contributed by atoms with van der Waals surface area (Å²) < 4.78 is 31.7. The zero-order chi connectivity index (χ0) is 19.8. The highest BCUT2D eigenvalue weighted by molar-refractivity contribution is 7.90. The van der Waals surface area contributed by atoms with Crippen LogP contribution in [0.4, 0.5) is 5.69 Å². The van der Waals surface area contributed by atoms with Crippen LogP contribution in [0.3, 0.4) is 0 Å². The van der Waals surface area contributed by atoms with Gasteiger partial charge < -0.3 is 14.6 Å². The van der Waals surface area contributed by atoms with Crippen molar-refractivity contribution in [1.82, 2.24) is 4.57 Å². The highest BCUT2D eigenvalue weighted by Crippen LogP contribution is 2.39. The lowest BCUT2D eigenvalue weighted by atomic mass is 9.96. The molecule has 0 saturated carbocycles. The Morgan fingerprint density at radius 3 is 2.70 bits per heavy atom. The predicted molar refractivity (Wildman–Crippen MR) is 107 cm³/mol. The Morgan fingerprint density at radius 2 is 2.04 bits per heavy atom. The van der Waals surface area contributed by atoms with Crippen molar-refractivity contribution >= 4 is 15.5 Å². The molecular formula is C20H26N2O4S. The number of aromatic nitrogens is 1. The van der Waals surface area contributed by atoms with Crippen LogP contribution in [-0.2, 0) is 23.3 Å². The van der Waals surface area contributed by atoms with Crippen LogP contribution in [0.15, 0.2) is 34.1 Å². The van der Waals surface area contributed by atoms with Crippen molar-refractivity contribution in [3.05, 3.63) is 40.3 Å². The Kier molecular flexibility index (Phi) is 5.33. The fraction of sp³-hybridized carbons (Fsp3) is 0.450. The molecule has 1 N–H and O–H groups in total. The van der Waals surface area contributed by atoms with E-state index in [2.05, 4.69) is 12.2 Å². The first-order valence-electron chi connectivity index (χ1n) is 9.20. The Hall–Kier alpha value is -2.28. The van der Waals surface area contributed by atoms with Crippen LogP contribution in [0.1, 0.15) is 32.3 Å². The minimum atomic E-state index is -3.35. The minimum absolute atomic E-state index is 0.0828. The normalized spacial score (nSPS) is 16.4. The van der Waals surface area contributed by atoms with Gasteiger partial charge in [0.15, 0.2) is 15.6 Å². The number of aryl methyl sites for hydroxylation is 2. The molecule has 0 radical (unpaired) electrons. The number of nitrogens with one attached hydrogen (secondary N) is 1. The molecule has 2 aromatic rings. The number of nitrogens with zero attached hydrogens (tertiary/aromatic N) is 1. The topological polar surface area (TPSA) is 77.4 Å². The first-order valence-corrected chi connectivity index (χ1v) is 11.1. The molecule has 0 bridgehead atoms. The number of anilines is 1. The van der Waals surface area contributed by atoms with Gasteiger partial charge in [0.1, 0.15) is 11.8 Å². The van der Waals surface area contributed by atoms with Crippen LogP contribution < -0.4 is 15.6 Å². The van der Waals surface area contributed by atoms with Crippen molar-refractivity contribution in [3.63, 3.8) is 0 Å². The third kappa shape index (κ3) is 3.88. The maximum Gasteiger partial charge on any atom is 0.277 e. The summed E-state index contributed by atoms with van der Waals surface area (Å²) in [5.74, 6) is 0.500. The smallest absolute Gasteiger partial charge is 0.277 e. The largest absolute Gasteiger partial charge is 0.486 e. The van der Waals surface area contributed by atoms with Crippen LogP contribution in [0.5, 0.6) is 5.75 Å². The lowest BCUT2D eigenvalue weighted by molar-refractivity contribution is 0.226. The Morgan fingerprint density at radius 1 is 1.30 bits per heavy atom. The second-order valence-electron chi connectivity index (χ2n) is 7.17. The minimum Gasteiger partial charge on any atom is -0.486 e. The second-order valence-corrected chi connectivity index (χ2v) is 9.18. The Labute approximate surface area is 160 Å². The predicted octanol–water partition coefficient (Wildman–Crippen LogP) is 2.99. The van der Waals surface area contributed by atoms with Gasteiger partial charge in [-0.2, -0.15) is 0 Å². The zero-order valence-corrected chi connectivity index (χ0v) is 17.0. The number of sulfone groups is 1. The molecule has 0 spiro atoms. The molecule has 0 fully saturated rings. The molecule has 1 atom stereocenters. The summed E-state index contributed by atoms with van der Waals surface area (Å²) >= 11 is 0. The maximum absolute atomic E-state index is 12.5. The number of unbranched alkanes of at least 4 members (excludes halogenated alkanes) is 1. The van der Waals surface area contributed by atoms with Gasteiger partial charge in [-0.05, 0) is 43.0 Å². The monoisotopic (exact) mass is 390 g/mol. The Balaban J connectivity index is 2.29. The van der Waals surface area contributed by atoms with E-state index in [1.807, 2.05) is 13.0 Å². The zero-order valence-electron chi connectivity index (χ0n) is 16.2. The molecule has 146 valence electrons. The number of rotatable bonds is 5. The molecule has 1 aliphatic heterocycles. The Bertz CT molecular complexity index is 1030. The quantitative estimate of drug-likeness (QED) is 0.849. The van der Waals surface area contributed by atoms with Crippen LogP contribution in [0.2, 0.25) is 0 Å². The van der Waals surface area contributed by atoms with E-state index in [0.29, 0.717) is 18.0 Å². The molecular weight excluding hydrogens is 364 g/mol. The van der Waals surface area contributed by atoms with E-state index in [1.165, 1.54) is 10.8 Å². The fourth-order valence-electron chi connectivity index (χ4n) is 3.30. The molecule has 0 unspecified atom stereocenters. The van der Waals surface area contributed by atoms with Gasteiger partial charge in [0.05, 0.1) is 11.4 Å². The molecule has 27 heavy (non-hydrogen) atoms. The second kappa shape index (κ2) is 7.38. The standard InChI is InChI=1S/C20H26N2O4S/c1-5-6-7-14-8-9-15(27(4,24)25)10-16(14)17-12-22(3)20(23)18-19(17)26-13(2)11-21-18/h8-10,12-13,21H,5-7,11H2,1-4H3/t13-/m0/s1. The van der Waals surface area contributed by atoms with E-state index in [9.17, 15) is 13.2 Å². The van der Waals surface area contributed by atoms with Gasteiger partial charge >= 0.3 is 0 Å². The first-order chi connectivity index (χ1) is 12.7. The third-order valence-corrected chi connectivity index (χ3v) is 5.92. The molecule has 0 saturated heterocycles. The van der Waals surface area contributed by atoms with E-state index >= 15 is 0 Å². The number of ether oxygens (including phenoxy) is 1. The lowest BCUT2D eigenvalue weighted by Gasteiger charge is -2.27. The summed E-state index contributed by atoms with van der Waals surface area (Å²) in [5, 5.41) is 3.16. The average Bonchev–Trinajstić information content (AvgIpc) is 2.62. The molecule has 2 heterocycles. The van der Waals surface area contributed by atoms with Crippen LogP contribution in [-0.4, -0.2) is 31.9 Å². The molecule has 1 aromatic carbocycles. The summed E-state index contributed by atoms with van der Waals surface area (Å²) in [5.41, 5.74) is 2.86. The third-order valence-electron chi connectivity index (χ3n) is 4.81. The van der Waals surface area contributed by atoms with E-state index in [-0.39, 0.29) is 16.6 Å². The molecule has 3 rings (SSSR count). The number of benzene rings is 1. The average molecular weight is 391 g/mol. The molecule has 7 heteroatoms. The van der Waals surface area contributed by atoms with Crippen molar-refractivity contribution < 1.29 is 13.2 Å². The SMILES string of the molecule is CCCCc1ccc(S(C)(=O)=O)cc1-c1cn(C)c(=O)c2c1O[C@@H](C)CN2. The fourth-order valence-corrected chi connectivity index (χ4v) is 3.95. The van der Waals surface area contributed by atoms with Crippen LogP contribution >= 0.6 is 0 Å². The highest BCUT2D eigenvalue weighted by Gasteiger charge is 2.25. The van der Waals surface area contributed by atoms with Gasteiger partial charge in [-0.15, -0.1) is 0 Å². The van der Waals surface area contributed by atoms with Gasteiger partial charge in [0, 0.05) is 25.1 Å². The number of hydrogen-bond acceptors (Lipinski definition) is 5. The van der Waals surface area contributed by atoms with E-state index in [0.717, 1.165) is 36.0 Å². The van der Waals surface area contributed by atoms with Gasteiger partial charge in [-0.25, -0.2) is 8.42 Å². The number of hydrogen-bond donors (Lipinski definition) is 1. The summed E-state index contributed by atoms with van der Waals surface area (Å²) in [6, 6.07) is 5.22. The molecule has 6 nitrogen and oxygen atoms in total. The van der Waals surface area contributed by atoms with E-state index < -0.39 is 9.84 Å². The van der Waals surface area contributed by atoms with Crippen molar-refractivity contribution in [1.29, 1.82) is 0 Å². The first kappa shape index (κ1) is 19.5. The van der Waals surface area contributed by atoms with Gasteiger partial charge in [0.25, 0.3) is 5.56 Å². The van der Waals surface area contributed by atoms with Crippen LogP contribution in [0, 0.1) is 0 Å². The summed E-state index contributed by atoms with van der Waals surface area (Å²) in [7, 11) is -1.65. The van der Waals surface area contributed by atoms with Crippen molar-refractivity contribution in [2.45, 2.75) is 44.1 Å². The van der Waals surface area contributed by atoms with Crippen LogP contribution in [0.25, 0.3) is 11.1 Å². The number of fused-ring (bicyclic) bond motifs is 1. The van der Waals surface area contributed by atoms with E-state index in [4.69, 9.17) is 4.74 Å². The highest BCUT2D eigenvalue weighted by atomic mass is 32.2. The van der Waals surface area contributed by atoms with Gasteiger partial charge in [-0.1, -0.05) is 19.4 Å². The summed E-state index contributed by atoms with van der Waals surface area (Å²) in [6.45, 7) is 4.60. The lowest BCUT2D eigenvalue weighted by Crippen LogP contribution is -2.33. The molecule has 0 amide bonds. The summed E-state index contributed by atoms with van der Waals surface area (Å²) in [6.07, 6.45) is 5.71. The van der Waals surface area contributed by atoms with Gasteiger partial charge in [-0.3, -0.25) is 4.79 Å². The van der Waals surface area contributed by atoms with Crippen molar-refractivity contribution in [2.24, 2.45) is 7.05 Å².